The lowest BCUT2D eigenvalue weighted by Gasteiger charge is -2.18. The molecule has 0 N–H and O–H groups in total. The van der Waals surface area contributed by atoms with Gasteiger partial charge in [0.15, 0.2) is 6.10 Å². The SMILES string of the molecule is CCCCCCCCCC/C=C\CCCCCCCCCCCCCCCCCCCCCC(=O)OCC(COC(=O)CCCCCCCCCC)OC(=O)CCCCCCCCCCCCCCCCCCCCC. The lowest BCUT2D eigenvalue weighted by Crippen LogP contribution is -2.30. The van der Waals surface area contributed by atoms with Gasteiger partial charge in [0.1, 0.15) is 13.2 Å². The largest absolute Gasteiger partial charge is 0.462 e. The molecule has 0 heterocycles. The van der Waals surface area contributed by atoms with E-state index in [1.807, 2.05) is 0 Å². The molecule has 0 fully saturated rings. The van der Waals surface area contributed by atoms with Crippen LogP contribution in [0.4, 0.5) is 0 Å². The van der Waals surface area contributed by atoms with Gasteiger partial charge in [-0.3, -0.25) is 14.4 Å². The van der Waals surface area contributed by atoms with Crippen LogP contribution in [0, 0.1) is 0 Å². The summed E-state index contributed by atoms with van der Waals surface area (Å²) < 4.78 is 16.9. The first kappa shape index (κ1) is 74.2. The Morgan fingerprint density at radius 1 is 0.250 bits per heavy atom. The molecule has 6 heteroatoms. The van der Waals surface area contributed by atoms with Gasteiger partial charge in [-0.1, -0.05) is 348 Å². The van der Waals surface area contributed by atoms with Crippen molar-refractivity contribution in [2.24, 2.45) is 0 Å². The summed E-state index contributed by atoms with van der Waals surface area (Å²) in [4.78, 5) is 38.2. The second kappa shape index (κ2) is 65.7. The molecule has 450 valence electrons. The summed E-state index contributed by atoms with van der Waals surface area (Å²) in [5.74, 6) is -0.835. The average Bonchev–Trinajstić information content (AvgIpc) is 3.42. The third kappa shape index (κ3) is 63.0. The van der Waals surface area contributed by atoms with Gasteiger partial charge in [0, 0.05) is 19.3 Å². The highest BCUT2D eigenvalue weighted by molar-refractivity contribution is 5.71. The van der Waals surface area contributed by atoms with Crippen molar-refractivity contribution in [2.75, 3.05) is 13.2 Å². The molecule has 0 bridgehead atoms. The van der Waals surface area contributed by atoms with Crippen LogP contribution < -0.4 is 0 Å². The number of ether oxygens (including phenoxy) is 3. The van der Waals surface area contributed by atoms with Gasteiger partial charge in [0.05, 0.1) is 0 Å². The van der Waals surface area contributed by atoms with Crippen LogP contribution in [0.25, 0.3) is 0 Å². The van der Waals surface area contributed by atoms with E-state index in [0.717, 1.165) is 57.8 Å². The van der Waals surface area contributed by atoms with Crippen LogP contribution in [0.3, 0.4) is 0 Å². The fourth-order valence-electron chi connectivity index (χ4n) is 10.8. The second-order valence-corrected chi connectivity index (χ2v) is 23.8. The van der Waals surface area contributed by atoms with Gasteiger partial charge >= 0.3 is 17.9 Å². The summed E-state index contributed by atoms with van der Waals surface area (Å²) in [5, 5.41) is 0. The molecule has 0 aromatic rings. The van der Waals surface area contributed by atoms with E-state index in [1.165, 1.54) is 302 Å². The van der Waals surface area contributed by atoms with Crippen LogP contribution in [-0.4, -0.2) is 37.2 Å². The predicted molar refractivity (Wildman–Crippen MR) is 330 cm³/mol. The van der Waals surface area contributed by atoms with Crippen LogP contribution >= 0.6 is 0 Å². The van der Waals surface area contributed by atoms with Crippen molar-refractivity contribution in [1.29, 1.82) is 0 Å². The standard InChI is InChI=1S/C70H134O6/c1-4-7-10-13-16-19-21-23-25-27-29-30-31-32-33-34-35-36-37-38-39-40-42-43-45-47-49-51-54-57-60-63-69(72)75-66-67(65-74-68(71)62-59-56-53-18-15-12-9-6-3)76-70(73)64-61-58-55-52-50-48-46-44-41-28-26-24-22-20-17-14-11-8-5-2/h27,29,67H,4-26,28,30-66H2,1-3H3/b29-27-. The molecule has 1 unspecified atom stereocenters. The zero-order valence-corrected chi connectivity index (χ0v) is 51.8. The fraction of sp³-hybridized carbons (Fsp3) is 0.929. The van der Waals surface area contributed by atoms with Crippen LogP contribution in [0.2, 0.25) is 0 Å². The summed E-state index contributed by atoms with van der Waals surface area (Å²) in [6.07, 6.45) is 78.4. The number of hydrogen-bond acceptors (Lipinski definition) is 6. The van der Waals surface area contributed by atoms with E-state index in [0.29, 0.717) is 19.3 Å². The number of allylic oxidation sites excluding steroid dienone is 2. The van der Waals surface area contributed by atoms with E-state index in [9.17, 15) is 14.4 Å². The number of carbonyl (C=O) groups excluding carboxylic acids is 3. The summed E-state index contributed by atoms with van der Waals surface area (Å²) >= 11 is 0. The van der Waals surface area contributed by atoms with Gasteiger partial charge in [0.25, 0.3) is 0 Å². The Labute approximate surface area is 475 Å². The molecule has 76 heavy (non-hydrogen) atoms. The monoisotopic (exact) mass is 1070 g/mol. The first-order valence-corrected chi connectivity index (χ1v) is 34.7. The van der Waals surface area contributed by atoms with E-state index >= 15 is 0 Å². The smallest absolute Gasteiger partial charge is 0.306 e. The van der Waals surface area contributed by atoms with Gasteiger partial charge in [-0.25, -0.2) is 0 Å². The summed E-state index contributed by atoms with van der Waals surface area (Å²) in [6, 6.07) is 0. The molecule has 0 aromatic heterocycles. The molecule has 0 saturated heterocycles. The number of rotatable bonds is 65. The van der Waals surface area contributed by atoms with Crippen molar-refractivity contribution >= 4 is 17.9 Å². The lowest BCUT2D eigenvalue weighted by molar-refractivity contribution is -0.167. The molecule has 0 spiro atoms. The minimum absolute atomic E-state index is 0.0626. The molecule has 0 saturated carbocycles. The molecular formula is C70H134O6. The Morgan fingerprint density at radius 2 is 0.434 bits per heavy atom. The Balaban J connectivity index is 4.00. The van der Waals surface area contributed by atoms with E-state index in [2.05, 4.69) is 32.9 Å². The van der Waals surface area contributed by atoms with Crippen molar-refractivity contribution in [3.05, 3.63) is 12.2 Å². The maximum atomic E-state index is 12.9. The average molecular weight is 1070 g/mol. The number of carbonyl (C=O) groups is 3. The number of esters is 3. The summed E-state index contributed by atoms with van der Waals surface area (Å²) in [6.45, 7) is 6.69. The van der Waals surface area contributed by atoms with Crippen LogP contribution in [0.5, 0.6) is 0 Å². The number of hydrogen-bond donors (Lipinski definition) is 0. The molecular weight excluding hydrogens is 937 g/mol. The Bertz CT molecular complexity index is 1180. The van der Waals surface area contributed by atoms with E-state index in [1.54, 1.807) is 0 Å². The van der Waals surface area contributed by atoms with Gasteiger partial charge in [0.2, 0.25) is 0 Å². The quantitative estimate of drug-likeness (QED) is 0.0261. The van der Waals surface area contributed by atoms with Crippen molar-refractivity contribution in [3.8, 4) is 0 Å². The summed E-state index contributed by atoms with van der Waals surface area (Å²) in [7, 11) is 0. The van der Waals surface area contributed by atoms with Crippen LogP contribution in [0.1, 0.15) is 400 Å². The van der Waals surface area contributed by atoms with Gasteiger partial charge < -0.3 is 14.2 Å². The topological polar surface area (TPSA) is 78.9 Å². The van der Waals surface area contributed by atoms with Crippen molar-refractivity contribution in [2.45, 2.75) is 406 Å². The zero-order chi connectivity index (χ0) is 55.0. The number of unbranched alkanes of at least 4 members (excludes halogenated alkanes) is 52. The first-order valence-electron chi connectivity index (χ1n) is 34.7. The molecule has 0 rings (SSSR count). The highest BCUT2D eigenvalue weighted by Crippen LogP contribution is 2.19. The van der Waals surface area contributed by atoms with Crippen LogP contribution in [0.15, 0.2) is 12.2 Å². The molecule has 0 aliphatic carbocycles. The molecule has 0 aliphatic heterocycles. The molecule has 0 radical (unpaired) electrons. The molecule has 1 atom stereocenters. The van der Waals surface area contributed by atoms with E-state index in [4.69, 9.17) is 14.2 Å². The Kier molecular flexibility index (Phi) is 64.1. The Hall–Kier alpha value is -1.85. The van der Waals surface area contributed by atoms with Gasteiger partial charge in [-0.15, -0.1) is 0 Å². The summed E-state index contributed by atoms with van der Waals surface area (Å²) in [5.41, 5.74) is 0. The second-order valence-electron chi connectivity index (χ2n) is 23.8. The van der Waals surface area contributed by atoms with Gasteiger partial charge in [-0.05, 0) is 44.9 Å². The maximum Gasteiger partial charge on any atom is 0.306 e. The van der Waals surface area contributed by atoms with Crippen LogP contribution in [-0.2, 0) is 28.6 Å². The first-order chi connectivity index (χ1) is 37.5. The molecule has 0 aliphatic rings. The lowest BCUT2D eigenvalue weighted by atomic mass is 10.0. The van der Waals surface area contributed by atoms with Crippen molar-refractivity contribution < 1.29 is 28.6 Å². The minimum atomic E-state index is -0.763. The third-order valence-corrected chi connectivity index (χ3v) is 16.0. The molecule has 0 amide bonds. The Morgan fingerprint density at radius 3 is 0.658 bits per heavy atom. The highest BCUT2D eigenvalue weighted by Gasteiger charge is 2.19. The molecule has 0 aromatic carbocycles. The maximum absolute atomic E-state index is 12.9. The van der Waals surface area contributed by atoms with E-state index in [-0.39, 0.29) is 31.1 Å². The highest BCUT2D eigenvalue weighted by atomic mass is 16.6. The normalized spacial score (nSPS) is 12.0. The third-order valence-electron chi connectivity index (χ3n) is 16.0. The minimum Gasteiger partial charge on any atom is -0.462 e. The fourth-order valence-corrected chi connectivity index (χ4v) is 10.8. The van der Waals surface area contributed by atoms with Gasteiger partial charge in [-0.2, -0.15) is 0 Å². The van der Waals surface area contributed by atoms with Crippen molar-refractivity contribution in [3.63, 3.8) is 0 Å². The van der Waals surface area contributed by atoms with E-state index < -0.39 is 6.10 Å². The predicted octanol–water partition coefficient (Wildman–Crippen LogP) is 23.6. The zero-order valence-electron chi connectivity index (χ0n) is 51.8. The molecule has 6 nitrogen and oxygen atoms in total. The van der Waals surface area contributed by atoms with Crippen molar-refractivity contribution in [1.82, 2.24) is 0 Å².